The van der Waals surface area contributed by atoms with Crippen molar-refractivity contribution in [3.05, 3.63) is 12.2 Å². The van der Waals surface area contributed by atoms with Crippen LogP contribution in [-0.4, -0.2) is 142 Å². The van der Waals surface area contributed by atoms with Crippen LogP contribution < -0.4 is 0 Å². The Hall–Kier alpha value is -1.76. The second-order valence-electron chi connectivity index (χ2n) is 15.9. The maximum absolute atomic E-state index is 12.9. The molecule has 7 N–H and O–H groups in total. The fourth-order valence-electron chi connectivity index (χ4n) is 6.96. The molecule has 340 valence electrons. The van der Waals surface area contributed by atoms with Gasteiger partial charge in [0, 0.05) is 12.8 Å². The van der Waals surface area contributed by atoms with Crippen molar-refractivity contribution in [2.45, 2.75) is 223 Å². The molecule has 58 heavy (non-hydrogen) atoms. The average molecular weight is 835 g/mol. The molecule has 0 saturated carbocycles. The summed E-state index contributed by atoms with van der Waals surface area (Å²) in [7, 11) is 0. The molecule has 0 aromatic rings. The third-order valence-corrected chi connectivity index (χ3v) is 10.7. The van der Waals surface area contributed by atoms with E-state index in [9.17, 15) is 45.3 Å². The van der Waals surface area contributed by atoms with Gasteiger partial charge < -0.3 is 64.2 Å². The van der Waals surface area contributed by atoms with Crippen LogP contribution in [0, 0.1) is 0 Å². The molecule has 2 aliphatic heterocycles. The molecule has 2 aliphatic rings. The molecule has 2 saturated heterocycles. The highest BCUT2D eigenvalue weighted by Crippen LogP contribution is 2.26. The predicted octanol–water partition coefficient (Wildman–Crippen LogP) is 4.26. The van der Waals surface area contributed by atoms with Crippen molar-refractivity contribution in [1.82, 2.24) is 0 Å². The van der Waals surface area contributed by atoms with Crippen LogP contribution in [0.5, 0.6) is 0 Å². The smallest absolute Gasteiger partial charge is 0.306 e. The summed E-state index contributed by atoms with van der Waals surface area (Å²) in [6, 6.07) is 0. The van der Waals surface area contributed by atoms with E-state index in [0.29, 0.717) is 12.8 Å². The Morgan fingerprint density at radius 3 is 1.57 bits per heavy atom. The summed E-state index contributed by atoms with van der Waals surface area (Å²) in [5.74, 6) is -0.932. The van der Waals surface area contributed by atoms with Crippen molar-refractivity contribution < 1.29 is 73.8 Å². The quantitative estimate of drug-likeness (QED) is 0.0278. The molecule has 0 aliphatic carbocycles. The van der Waals surface area contributed by atoms with Gasteiger partial charge in [-0.05, 0) is 32.1 Å². The fraction of sp³-hybridized carbons (Fsp3) is 0.907. The number of carbonyl (C=O) groups is 2. The normalized spacial score (nSPS) is 28.2. The molecule has 0 radical (unpaired) electrons. The van der Waals surface area contributed by atoms with Gasteiger partial charge in [0.25, 0.3) is 0 Å². The van der Waals surface area contributed by atoms with E-state index in [4.69, 9.17) is 28.4 Å². The maximum atomic E-state index is 12.9. The number of aliphatic hydroxyl groups is 7. The average Bonchev–Trinajstić information content (AvgIpc) is 3.21. The topological polar surface area (TPSA) is 231 Å². The van der Waals surface area contributed by atoms with Gasteiger partial charge in [-0.15, -0.1) is 0 Å². The molecular formula is C43H78O15. The molecule has 2 rings (SSSR count). The summed E-state index contributed by atoms with van der Waals surface area (Å²) in [4.78, 5) is 25.5. The molecule has 15 nitrogen and oxygen atoms in total. The molecule has 0 amide bonds. The minimum atomic E-state index is -1.76. The second-order valence-corrected chi connectivity index (χ2v) is 15.9. The largest absolute Gasteiger partial charge is 0.462 e. The first-order valence-electron chi connectivity index (χ1n) is 22.3. The minimum Gasteiger partial charge on any atom is -0.462 e. The highest BCUT2D eigenvalue weighted by molar-refractivity contribution is 5.70. The summed E-state index contributed by atoms with van der Waals surface area (Å²) in [5, 5.41) is 71.7. The molecule has 2 fully saturated rings. The first kappa shape index (κ1) is 52.4. The third kappa shape index (κ3) is 21.2. The Bertz CT molecular complexity index is 1080. The maximum Gasteiger partial charge on any atom is 0.306 e. The minimum absolute atomic E-state index is 0.166. The van der Waals surface area contributed by atoms with E-state index in [1.165, 1.54) is 64.2 Å². The van der Waals surface area contributed by atoms with E-state index < -0.39 is 92.7 Å². The number of hydrogen-bond acceptors (Lipinski definition) is 15. The zero-order valence-electron chi connectivity index (χ0n) is 35.3. The van der Waals surface area contributed by atoms with Crippen molar-refractivity contribution >= 4 is 11.9 Å². The second kappa shape index (κ2) is 32.0. The van der Waals surface area contributed by atoms with Crippen LogP contribution in [-0.2, 0) is 38.0 Å². The number of unbranched alkanes of at least 4 members (excludes halogenated alkanes) is 17. The van der Waals surface area contributed by atoms with Gasteiger partial charge in [-0.1, -0.05) is 122 Å². The lowest BCUT2D eigenvalue weighted by molar-refractivity contribution is -0.332. The van der Waals surface area contributed by atoms with E-state index in [1.54, 1.807) is 0 Å². The van der Waals surface area contributed by atoms with E-state index in [2.05, 4.69) is 26.0 Å². The molecule has 15 heteroatoms. The van der Waals surface area contributed by atoms with Gasteiger partial charge in [-0.2, -0.15) is 0 Å². The Labute approximate surface area is 346 Å². The van der Waals surface area contributed by atoms with Crippen molar-refractivity contribution in [3.63, 3.8) is 0 Å². The highest BCUT2D eigenvalue weighted by atomic mass is 16.7. The Kier molecular flexibility index (Phi) is 28.9. The number of allylic oxidation sites excluding steroid dienone is 2. The van der Waals surface area contributed by atoms with Crippen LogP contribution in [0.4, 0.5) is 0 Å². The highest BCUT2D eigenvalue weighted by Gasteiger charge is 2.47. The predicted molar refractivity (Wildman–Crippen MR) is 215 cm³/mol. The molecule has 0 spiro atoms. The van der Waals surface area contributed by atoms with Crippen molar-refractivity contribution in [1.29, 1.82) is 0 Å². The fourth-order valence-corrected chi connectivity index (χ4v) is 6.96. The van der Waals surface area contributed by atoms with E-state index in [1.807, 2.05) is 0 Å². The zero-order valence-corrected chi connectivity index (χ0v) is 35.3. The van der Waals surface area contributed by atoms with Gasteiger partial charge in [0.2, 0.25) is 0 Å². The van der Waals surface area contributed by atoms with Crippen LogP contribution in [0.2, 0.25) is 0 Å². The number of hydrogen-bond donors (Lipinski definition) is 7. The lowest BCUT2D eigenvalue weighted by atomic mass is 9.98. The number of ether oxygens (including phenoxy) is 6. The van der Waals surface area contributed by atoms with E-state index in [-0.39, 0.29) is 26.1 Å². The first-order valence-corrected chi connectivity index (χ1v) is 22.3. The van der Waals surface area contributed by atoms with E-state index >= 15 is 0 Å². The lowest BCUT2D eigenvalue weighted by Crippen LogP contribution is -2.61. The molecule has 0 aromatic carbocycles. The zero-order chi connectivity index (χ0) is 42.5. The van der Waals surface area contributed by atoms with Gasteiger partial charge in [-0.3, -0.25) is 9.59 Å². The van der Waals surface area contributed by atoms with E-state index in [0.717, 1.165) is 51.4 Å². The van der Waals surface area contributed by atoms with Gasteiger partial charge in [-0.25, -0.2) is 0 Å². The van der Waals surface area contributed by atoms with Crippen molar-refractivity contribution in [3.8, 4) is 0 Å². The third-order valence-electron chi connectivity index (χ3n) is 10.7. The van der Waals surface area contributed by atoms with Gasteiger partial charge >= 0.3 is 11.9 Å². The summed E-state index contributed by atoms with van der Waals surface area (Å²) in [6.45, 7) is 2.49. The number of aliphatic hydroxyl groups excluding tert-OH is 7. The molecular weight excluding hydrogens is 756 g/mol. The van der Waals surface area contributed by atoms with Crippen LogP contribution in [0.25, 0.3) is 0 Å². The molecule has 11 atom stereocenters. The lowest BCUT2D eigenvalue weighted by Gasteiger charge is -2.42. The van der Waals surface area contributed by atoms with Gasteiger partial charge in [0.05, 0.1) is 19.8 Å². The van der Waals surface area contributed by atoms with Gasteiger partial charge in [0.1, 0.15) is 55.4 Å². The molecule has 0 bridgehead atoms. The van der Waals surface area contributed by atoms with Crippen LogP contribution in [0.1, 0.15) is 155 Å². The Morgan fingerprint density at radius 1 is 0.534 bits per heavy atom. The summed E-state index contributed by atoms with van der Waals surface area (Å²) < 4.78 is 33.3. The molecule has 2 heterocycles. The molecule has 4 unspecified atom stereocenters. The van der Waals surface area contributed by atoms with Crippen LogP contribution >= 0.6 is 0 Å². The monoisotopic (exact) mass is 835 g/mol. The van der Waals surface area contributed by atoms with Crippen LogP contribution in [0.15, 0.2) is 12.2 Å². The number of esters is 2. The van der Waals surface area contributed by atoms with Crippen molar-refractivity contribution in [2.75, 3.05) is 26.4 Å². The SMILES string of the molecule is CCCC/C=C/CCCCCCCCCCCC(=O)O[C@H](COC(=O)CCCCCCCCC)CO[C@@H]1O[C@H](CO[C@@H]2O[C@H](CO)[C@H](O)C(O)C2O)[C@H](O)C(O)C1O. The number of rotatable bonds is 33. The number of carbonyl (C=O) groups excluding carboxylic acids is 2. The Morgan fingerprint density at radius 2 is 1.00 bits per heavy atom. The standard InChI is InChI=1S/C43H78O15/c1-3-5-7-9-11-12-13-14-15-16-17-18-20-22-24-26-35(46)56-31(28-53-34(45)25-23-21-19-10-8-6-4-2)29-54-42-41(52)39(50)37(48)33(58-42)30-55-43-40(51)38(49)36(47)32(27-44)57-43/h9,11,31-33,36-44,47-52H,3-8,10,12-30H2,1-2H3/b11-9+/t31-,32-,33-,36+,37+,38?,39?,40?,41?,42-,43-/m1/s1. The van der Waals surface area contributed by atoms with Crippen molar-refractivity contribution in [2.24, 2.45) is 0 Å². The first-order chi connectivity index (χ1) is 28.0. The summed E-state index contributed by atoms with van der Waals surface area (Å²) >= 11 is 0. The van der Waals surface area contributed by atoms with Gasteiger partial charge in [0.15, 0.2) is 18.7 Å². The Balaban J connectivity index is 1.84. The van der Waals surface area contributed by atoms with Crippen LogP contribution in [0.3, 0.4) is 0 Å². The summed E-state index contributed by atoms with van der Waals surface area (Å²) in [6.07, 6.45) is 9.96. The summed E-state index contributed by atoms with van der Waals surface area (Å²) in [5.41, 5.74) is 0. The molecule has 0 aromatic heterocycles.